The number of unbranched alkanes of at least 4 members (excludes halogenated alkanes) is 1. The lowest BCUT2D eigenvalue weighted by molar-refractivity contribution is -0.120. The molecule has 0 aliphatic rings. The lowest BCUT2D eigenvalue weighted by atomic mass is 10.2. The van der Waals surface area contributed by atoms with E-state index >= 15 is 0 Å². The second kappa shape index (κ2) is 6.16. The first-order valence-electron chi connectivity index (χ1n) is 4.25. The maximum absolute atomic E-state index is 10.7. The minimum atomic E-state index is -0.247. The summed E-state index contributed by atoms with van der Waals surface area (Å²) in [5.74, 6) is -0.247. The molecule has 0 fully saturated rings. The van der Waals surface area contributed by atoms with Crippen molar-refractivity contribution in [2.75, 3.05) is 6.54 Å². The molecule has 0 aromatic heterocycles. The first kappa shape index (κ1) is 10.4. The van der Waals surface area contributed by atoms with Crippen molar-refractivity contribution in [2.45, 2.75) is 39.2 Å². The summed E-state index contributed by atoms with van der Waals surface area (Å²) >= 11 is 0. The van der Waals surface area contributed by atoms with Gasteiger partial charge in [0.05, 0.1) is 6.04 Å². The van der Waals surface area contributed by atoms with E-state index in [1.54, 1.807) is 0 Å². The summed E-state index contributed by atoms with van der Waals surface area (Å²) in [6.07, 6.45) is 3.02. The van der Waals surface area contributed by atoms with Crippen molar-refractivity contribution in [2.24, 2.45) is 5.73 Å². The molecule has 0 heterocycles. The molecule has 66 valence electrons. The van der Waals surface area contributed by atoms with E-state index in [1.165, 1.54) is 0 Å². The van der Waals surface area contributed by atoms with Crippen molar-refractivity contribution in [1.82, 2.24) is 5.32 Å². The molecule has 0 aliphatic carbocycles. The lowest BCUT2D eigenvalue weighted by Crippen LogP contribution is -2.41. The van der Waals surface area contributed by atoms with Crippen molar-refractivity contribution < 1.29 is 4.79 Å². The number of nitrogens with two attached hydrogens (primary N) is 1. The van der Waals surface area contributed by atoms with Crippen LogP contribution in [0.1, 0.15) is 33.1 Å². The summed E-state index contributed by atoms with van der Waals surface area (Å²) in [6.45, 7) is 4.96. The molecule has 0 radical (unpaired) electrons. The predicted octanol–water partition coefficient (Wildman–Crippen LogP) is 0.640. The molecule has 3 nitrogen and oxygen atoms in total. The molecule has 0 aliphatic heterocycles. The van der Waals surface area contributed by atoms with Gasteiger partial charge in [0.2, 0.25) is 5.91 Å². The zero-order chi connectivity index (χ0) is 8.69. The molecule has 0 saturated heterocycles. The van der Waals surface area contributed by atoms with E-state index in [0.29, 0.717) is 0 Å². The van der Waals surface area contributed by atoms with Crippen LogP contribution >= 0.6 is 0 Å². The Morgan fingerprint density at radius 1 is 1.55 bits per heavy atom. The van der Waals surface area contributed by atoms with Crippen molar-refractivity contribution in [3.05, 3.63) is 0 Å². The van der Waals surface area contributed by atoms with Crippen LogP contribution in [-0.2, 0) is 4.79 Å². The van der Waals surface area contributed by atoms with Crippen LogP contribution in [0, 0.1) is 0 Å². The molecule has 1 amide bonds. The van der Waals surface area contributed by atoms with Gasteiger partial charge in [0.15, 0.2) is 0 Å². The highest BCUT2D eigenvalue weighted by Gasteiger charge is 2.09. The largest absolute Gasteiger partial charge is 0.368 e. The number of rotatable bonds is 6. The molecule has 0 aromatic carbocycles. The van der Waals surface area contributed by atoms with Gasteiger partial charge in [-0.05, 0) is 19.4 Å². The molecule has 11 heavy (non-hydrogen) atoms. The van der Waals surface area contributed by atoms with Crippen molar-refractivity contribution in [3.8, 4) is 0 Å². The molecular weight excluding hydrogens is 140 g/mol. The third-order valence-corrected chi connectivity index (χ3v) is 1.67. The topological polar surface area (TPSA) is 55.1 Å². The van der Waals surface area contributed by atoms with Crippen LogP contribution in [0.3, 0.4) is 0 Å². The second-order valence-electron chi connectivity index (χ2n) is 2.67. The van der Waals surface area contributed by atoms with Gasteiger partial charge in [0.25, 0.3) is 0 Å². The molecule has 1 unspecified atom stereocenters. The summed E-state index contributed by atoms with van der Waals surface area (Å²) in [7, 11) is 0. The van der Waals surface area contributed by atoms with E-state index < -0.39 is 0 Å². The van der Waals surface area contributed by atoms with E-state index in [9.17, 15) is 4.79 Å². The molecule has 0 saturated carbocycles. The van der Waals surface area contributed by atoms with Gasteiger partial charge in [-0.15, -0.1) is 0 Å². The van der Waals surface area contributed by atoms with E-state index in [0.717, 1.165) is 25.8 Å². The number of primary amides is 1. The number of hydrogen-bond donors (Lipinski definition) is 2. The number of amides is 1. The third kappa shape index (κ3) is 4.79. The minimum absolute atomic E-state index is 0.137. The summed E-state index contributed by atoms with van der Waals surface area (Å²) in [5, 5.41) is 3.10. The van der Waals surface area contributed by atoms with Crippen LogP contribution in [-0.4, -0.2) is 18.5 Å². The number of nitrogens with one attached hydrogen (secondary N) is 1. The molecular formula is C8H18N2O. The van der Waals surface area contributed by atoms with Gasteiger partial charge in [-0.1, -0.05) is 20.3 Å². The predicted molar refractivity (Wildman–Crippen MR) is 46.2 cm³/mol. The minimum Gasteiger partial charge on any atom is -0.368 e. The third-order valence-electron chi connectivity index (χ3n) is 1.67. The van der Waals surface area contributed by atoms with Gasteiger partial charge in [-0.2, -0.15) is 0 Å². The molecule has 0 aromatic rings. The second-order valence-corrected chi connectivity index (χ2v) is 2.67. The fourth-order valence-electron chi connectivity index (χ4n) is 0.899. The van der Waals surface area contributed by atoms with Crippen LogP contribution in [0.15, 0.2) is 0 Å². The SMILES string of the molecule is CCCCNC(CC)C(N)=O. The Hall–Kier alpha value is -0.570. The normalized spacial score (nSPS) is 12.9. The smallest absolute Gasteiger partial charge is 0.234 e. The Bertz CT molecular complexity index is 115. The van der Waals surface area contributed by atoms with Crippen molar-refractivity contribution >= 4 is 5.91 Å². The zero-order valence-electron chi connectivity index (χ0n) is 7.39. The van der Waals surface area contributed by atoms with E-state index in [1.807, 2.05) is 6.92 Å². The summed E-state index contributed by atoms with van der Waals surface area (Å²) < 4.78 is 0. The van der Waals surface area contributed by atoms with Crippen LogP contribution < -0.4 is 11.1 Å². The van der Waals surface area contributed by atoms with Gasteiger partial charge in [-0.25, -0.2) is 0 Å². The molecule has 1 atom stereocenters. The van der Waals surface area contributed by atoms with Gasteiger partial charge < -0.3 is 11.1 Å². The highest BCUT2D eigenvalue weighted by atomic mass is 16.1. The monoisotopic (exact) mass is 158 g/mol. The summed E-state index contributed by atoms with van der Waals surface area (Å²) in [4.78, 5) is 10.7. The molecule has 3 N–H and O–H groups in total. The van der Waals surface area contributed by atoms with Crippen LogP contribution in [0.25, 0.3) is 0 Å². The van der Waals surface area contributed by atoms with Gasteiger partial charge in [-0.3, -0.25) is 4.79 Å². The van der Waals surface area contributed by atoms with Gasteiger partial charge in [0.1, 0.15) is 0 Å². The first-order chi connectivity index (χ1) is 5.22. The van der Waals surface area contributed by atoms with E-state index in [4.69, 9.17) is 5.73 Å². The average Bonchev–Trinajstić information content (AvgIpc) is 1.97. The Balaban J connectivity index is 3.44. The fourth-order valence-corrected chi connectivity index (χ4v) is 0.899. The van der Waals surface area contributed by atoms with Crippen LogP contribution in [0.2, 0.25) is 0 Å². The maximum Gasteiger partial charge on any atom is 0.234 e. The fraction of sp³-hybridized carbons (Fsp3) is 0.875. The first-order valence-corrected chi connectivity index (χ1v) is 4.25. The number of carbonyl (C=O) groups is 1. The molecule has 0 spiro atoms. The highest BCUT2D eigenvalue weighted by molar-refractivity contribution is 5.79. The van der Waals surface area contributed by atoms with Crippen LogP contribution in [0.5, 0.6) is 0 Å². The standard InChI is InChI=1S/C8H18N2O/c1-3-5-6-10-7(4-2)8(9)11/h7,10H,3-6H2,1-2H3,(H2,9,11). The average molecular weight is 158 g/mol. The Morgan fingerprint density at radius 2 is 2.18 bits per heavy atom. The van der Waals surface area contributed by atoms with Gasteiger partial charge in [0, 0.05) is 0 Å². The zero-order valence-corrected chi connectivity index (χ0v) is 7.39. The molecule has 0 rings (SSSR count). The maximum atomic E-state index is 10.7. The molecule has 0 bridgehead atoms. The molecule has 3 heteroatoms. The number of carbonyl (C=O) groups excluding carboxylic acids is 1. The van der Waals surface area contributed by atoms with Crippen molar-refractivity contribution in [3.63, 3.8) is 0 Å². The summed E-state index contributed by atoms with van der Waals surface area (Å²) in [5.41, 5.74) is 5.13. The Morgan fingerprint density at radius 3 is 2.55 bits per heavy atom. The highest BCUT2D eigenvalue weighted by Crippen LogP contribution is 1.90. The van der Waals surface area contributed by atoms with Gasteiger partial charge >= 0.3 is 0 Å². The number of hydrogen-bond acceptors (Lipinski definition) is 2. The Kier molecular flexibility index (Phi) is 5.84. The lowest BCUT2D eigenvalue weighted by Gasteiger charge is -2.11. The summed E-state index contributed by atoms with van der Waals surface area (Å²) in [6, 6.07) is -0.137. The quantitative estimate of drug-likeness (QED) is 0.557. The van der Waals surface area contributed by atoms with Crippen LogP contribution in [0.4, 0.5) is 0 Å². The van der Waals surface area contributed by atoms with E-state index in [-0.39, 0.29) is 11.9 Å². The Labute approximate surface area is 68.3 Å². The van der Waals surface area contributed by atoms with Crippen molar-refractivity contribution in [1.29, 1.82) is 0 Å². The van der Waals surface area contributed by atoms with E-state index in [2.05, 4.69) is 12.2 Å².